The lowest BCUT2D eigenvalue weighted by Gasteiger charge is -2.24. The van der Waals surface area contributed by atoms with Crippen molar-refractivity contribution in [2.75, 3.05) is 20.1 Å². The van der Waals surface area contributed by atoms with Crippen LogP contribution in [0.1, 0.15) is 41.6 Å². The molecule has 0 aliphatic heterocycles. The van der Waals surface area contributed by atoms with Crippen molar-refractivity contribution in [3.05, 3.63) is 47.7 Å². The van der Waals surface area contributed by atoms with Crippen molar-refractivity contribution >= 4 is 32.6 Å². The molecule has 0 saturated carbocycles. The Bertz CT molecular complexity index is 1120. The number of allylic oxidation sites excluding steroid dienone is 2. The van der Waals surface area contributed by atoms with Gasteiger partial charge in [-0.25, -0.2) is 9.44 Å². The van der Waals surface area contributed by atoms with E-state index in [0.29, 0.717) is 23.9 Å². The van der Waals surface area contributed by atoms with Gasteiger partial charge in [0.25, 0.3) is 16.1 Å². The first kappa shape index (κ1) is 24.1. The molecule has 1 atom stereocenters. The number of carbonyl (C=O) groups excluding carboxylic acids is 1. The van der Waals surface area contributed by atoms with Crippen LogP contribution in [0.3, 0.4) is 0 Å². The summed E-state index contributed by atoms with van der Waals surface area (Å²) in [4.78, 5) is 16.8. The Balaban J connectivity index is 1.66. The fourth-order valence-corrected chi connectivity index (χ4v) is 4.15. The van der Waals surface area contributed by atoms with Crippen molar-refractivity contribution < 1.29 is 26.4 Å². The van der Waals surface area contributed by atoms with Crippen LogP contribution in [0, 0.1) is 5.92 Å². The van der Waals surface area contributed by atoms with E-state index in [-0.39, 0.29) is 31.8 Å². The molecule has 2 aromatic rings. The fraction of sp³-hybridized carbons (Fsp3) is 0.429. The molecule has 1 aromatic heterocycles. The molecule has 0 fully saturated rings. The molecule has 11 heteroatoms. The number of fused-ring (bicyclic) bond motifs is 1. The Hall–Kier alpha value is -2.50. The number of hydrogen-bond acceptors (Lipinski definition) is 4. The number of alkyl halides is 3. The monoisotopic (exact) mass is 470 g/mol. The minimum absolute atomic E-state index is 0.0415. The van der Waals surface area contributed by atoms with Crippen LogP contribution in [0.5, 0.6) is 0 Å². The van der Waals surface area contributed by atoms with Crippen LogP contribution < -0.4 is 14.8 Å². The zero-order valence-corrected chi connectivity index (χ0v) is 18.3. The summed E-state index contributed by atoms with van der Waals surface area (Å²) in [6.45, 7) is 0.448. The van der Waals surface area contributed by atoms with Gasteiger partial charge in [-0.15, -0.1) is 0 Å². The Morgan fingerprint density at radius 2 is 2.03 bits per heavy atom. The largest absolute Gasteiger partial charge is 0.392 e. The number of amides is 1. The highest BCUT2D eigenvalue weighted by Gasteiger charge is 2.39. The molecule has 0 bridgehead atoms. The zero-order chi connectivity index (χ0) is 23.4. The zero-order valence-electron chi connectivity index (χ0n) is 17.5. The van der Waals surface area contributed by atoms with Crippen LogP contribution in [0.25, 0.3) is 16.5 Å². The van der Waals surface area contributed by atoms with Gasteiger partial charge in [-0.2, -0.15) is 21.6 Å². The molecule has 1 aliphatic rings. The SMILES string of the molecule is CNS(=O)(=O)NCCCNC(=O)c1cnc2c(C3=CCC(C(F)(F)F)CC3)cccc2c1. The van der Waals surface area contributed by atoms with Gasteiger partial charge in [-0.1, -0.05) is 24.3 Å². The number of hydrogen-bond donors (Lipinski definition) is 3. The van der Waals surface area contributed by atoms with Gasteiger partial charge in [0.15, 0.2) is 0 Å². The standard InChI is InChI=1S/C21H25F3N4O3S/c1-25-32(30,31)28-11-3-10-26-20(29)16-12-15-4-2-5-18(19(15)27-13-16)14-6-8-17(9-7-14)21(22,23)24/h2,4-6,12-13,17,25,28H,3,7-11H2,1H3,(H,26,29). The van der Waals surface area contributed by atoms with Crippen molar-refractivity contribution in [3.8, 4) is 0 Å². The number of nitrogens with one attached hydrogen (secondary N) is 3. The lowest BCUT2D eigenvalue weighted by atomic mass is 9.85. The van der Waals surface area contributed by atoms with Crippen molar-refractivity contribution in [1.82, 2.24) is 19.7 Å². The van der Waals surface area contributed by atoms with E-state index in [9.17, 15) is 26.4 Å². The minimum Gasteiger partial charge on any atom is -0.352 e. The molecule has 32 heavy (non-hydrogen) atoms. The van der Waals surface area contributed by atoms with E-state index in [1.807, 2.05) is 6.07 Å². The normalized spacial score (nSPS) is 17.2. The number of nitrogens with zero attached hydrogens (tertiary/aromatic N) is 1. The molecule has 1 unspecified atom stereocenters. The Morgan fingerprint density at radius 3 is 2.69 bits per heavy atom. The van der Waals surface area contributed by atoms with Gasteiger partial charge in [0.1, 0.15) is 0 Å². The average Bonchev–Trinajstić information content (AvgIpc) is 2.77. The summed E-state index contributed by atoms with van der Waals surface area (Å²) >= 11 is 0. The Kier molecular flexibility index (Phi) is 7.52. The van der Waals surface area contributed by atoms with Gasteiger partial charge >= 0.3 is 6.18 Å². The highest BCUT2D eigenvalue weighted by Crippen LogP contribution is 2.40. The second-order valence-electron chi connectivity index (χ2n) is 7.55. The number of halogens is 3. The van der Waals surface area contributed by atoms with Crippen molar-refractivity contribution in [2.45, 2.75) is 31.9 Å². The summed E-state index contributed by atoms with van der Waals surface area (Å²) in [7, 11) is -2.21. The summed E-state index contributed by atoms with van der Waals surface area (Å²) in [5.74, 6) is -1.65. The molecule has 0 radical (unpaired) electrons. The van der Waals surface area contributed by atoms with Crippen LogP contribution in [0.15, 0.2) is 36.5 Å². The maximum atomic E-state index is 12.9. The summed E-state index contributed by atoms with van der Waals surface area (Å²) in [5.41, 5.74) is 2.61. The molecule has 1 aromatic carbocycles. The highest BCUT2D eigenvalue weighted by molar-refractivity contribution is 7.87. The van der Waals surface area contributed by atoms with Gasteiger partial charge in [-0.05, 0) is 37.3 Å². The number of carbonyl (C=O) groups is 1. The molecule has 3 rings (SSSR count). The lowest BCUT2D eigenvalue weighted by molar-refractivity contribution is -0.175. The van der Waals surface area contributed by atoms with E-state index in [1.165, 1.54) is 13.2 Å². The summed E-state index contributed by atoms with van der Waals surface area (Å²) in [6, 6.07) is 7.12. The Morgan fingerprint density at radius 1 is 1.25 bits per heavy atom. The second kappa shape index (κ2) is 9.97. The van der Waals surface area contributed by atoms with E-state index >= 15 is 0 Å². The van der Waals surface area contributed by atoms with E-state index < -0.39 is 22.3 Å². The van der Waals surface area contributed by atoms with Crippen molar-refractivity contribution in [1.29, 1.82) is 0 Å². The number of benzene rings is 1. The molecule has 7 nitrogen and oxygen atoms in total. The predicted octanol–water partition coefficient (Wildman–Crippen LogP) is 3.15. The smallest absolute Gasteiger partial charge is 0.352 e. The molecule has 1 amide bonds. The van der Waals surface area contributed by atoms with Gasteiger partial charge in [0.2, 0.25) is 0 Å². The van der Waals surface area contributed by atoms with Crippen LogP contribution in [0.4, 0.5) is 13.2 Å². The first-order valence-corrected chi connectivity index (χ1v) is 11.7. The molecule has 174 valence electrons. The van der Waals surface area contributed by atoms with Crippen molar-refractivity contribution in [3.63, 3.8) is 0 Å². The summed E-state index contributed by atoms with van der Waals surface area (Å²) < 4.78 is 65.8. The minimum atomic E-state index is -4.18. The third-order valence-corrected chi connectivity index (χ3v) is 6.51. The van der Waals surface area contributed by atoms with Gasteiger partial charge < -0.3 is 5.32 Å². The number of rotatable bonds is 8. The molecule has 1 aliphatic carbocycles. The molecular formula is C21H25F3N4O3S. The van der Waals surface area contributed by atoms with Crippen LogP contribution in [0.2, 0.25) is 0 Å². The highest BCUT2D eigenvalue weighted by atomic mass is 32.2. The van der Waals surface area contributed by atoms with E-state index in [2.05, 4.69) is 19.7 Å². The number of para-hydroxylation sites is 1. The first-order chi connectivity index (χ1) is 15.1. The number of pyridine rings is 1. The summed E-state index contributed by atoms with van der Waals surface area (Å²) in [5, 5.41) is 3.43. The molecule has 3 N–H and O–H groups in total. The van der Waals surface area contributed by atoms with Crippen LogP contribution in [-0.4, -0.2) is 45.6 Å². The van der Waals surface area contributed by atoms with E-state index in [0.717, 1.165) is 16.5 Å². The third kappa shape index (κ3) is 6.05. The van der Waals surface area contributed by atoms with Gasteiger partial charge in [0.05, 0.1) is 17.0 Å². The second-order valence-corrected chi connectivity index (χ2v) is 9.26. The van der Waals surface area contributed by atoms with Crippen LogP contribution >= 0.6 is 0 Å². The van der Waals surface area contributed by atoms with Crippen LogP contribution in [-0.2, 0) is 10.2 Å². The number of aromatic nitrogens is 1. The van der Waals surface area contributed by atoms with Gasteiger partial charge in [0, 0.05) is 37.3 Å². The lowest BCUT2D eigenvalue weighted by Crippen LogP contribution is -2.36. The van der Waals surface area contributed by atoms with E-state index in [1.54, 1.807) is 24.3 Å². The third-order valence-electron chi connectivity index (χ3n) is 5.39. The molecule has 1 heterocycles. The predicted molar refractivity (Wildman–Crippen MR) is 116 cm³/mol. The fourth-order valence-electron chi connectivity index (χ4n) is 3.59. The first-order valence-electron chi connectivity index (χ1n) is 10.2. The van der Waals surface area contributed by atoms with Crippen molar-refractivity contribution in [2.24, 2.45) is 5.92 Å². The molecule has 0 saturated heterocycles. The summed E-state index contributed by atoms with van der Waals surface area (Å²) in [6.07, 6.45) is -0.363. The maximum absolute atomic E-state index is 12.9. The Labute approximate surface area is 184 Å². The average molecular weight is 471 g/mol. The maximum Gasteiger partial charge on any atom is 0.392 e. The molecular weight excluding hydrogens is 445 g/mol. The molecule has 0 spiro atoms. The van der Waals surface area contributed by atoms with E-state index in [4.69, 9.17) is 0 Å². The quantitative estimate of drug-likeness (QED) is 0.516. The topological polar surface area (TPSA) is 100 Å². The van der Waals surface area contributed by atoms with Gasteiger partial charge in [-0.3, -0.25) is 9.78 Å².